The molecule has 0 bridgehead atoms. The summed E-state index contributed by atoms with van der Waals surface area (Å²) in [6.45, 7) is 12.3. The fraction of sp³-hybridized carbons (Fsp3) is 0.966. The Morgan fingerprint density at radius 1 is 1.03 bits per heavy atom. The van der Waals surface area contributed by atoms with Crippen molar-refractivity contribution in [3.63, 3.8) is 0 Å². The normalized spacial score (nSPS) is 44.6. The number of carbonyl (C=O) groups excluding carboxylic acids is 1. The van der Waals surface area contributed by atoms with Gasteiger partial charge in [0.25, 0.3) is 0 Å². The van der Waals surface area contributed by atoms with Crippen LogP contribution in [0.1, 0.15) is 92.9 Å². The molecule has 8 nitrogen and oxygen atoms in total. The first-order valence-corrected chi connectivity index (χ1v) is 16.1. The maximum absolute atomic E-state index is 13.4. The van der Waals surface area contributed by atoms with E-state index in [1.54, 1.807) is 0 Å². The Labute approximate surface area is 228 Å². The predicted molar refractivity (Wildman–Crippen MR) is 143 cm³/mol. The maximum Gasteiger partial charge on any atom is 0.397 e. The van der Waals surface area contributed by atoms with E-state index in [-0.39, 0.29) is 58.0 Å². The van der Waals surface area contributed by atoms with E-state index in [1.807, 2.05) is 27.7 Å². The number of aliphatic hydroxyl groups excluding tert-OH is 3. The highest BCUT2D eigenvalue weighted by Gasteiger charge is 2.64. The van der Waals surface area contributed by atoms with Gasteiger partial charge in [-0.1, -0.05) is 48.0 Å². The van der Waals surface area contributed by atoms with Crippen molar-refractivity contribution in [2.45, 2.75) is 117 Å². The molecule has 0 aromatic carbocycles. The van der Waals surface area contributed by atoms with E-state index in [2.05, 4.69) is 13.8 Å². The zero-order chi connectivity index (χ0) is 28.4. The van der Waals surface area contributed by atoms with Crippen molar-refractivity contribution in [1.29, 1.82) is 0 Å². The molecule has 0 aliphatic heterocycles. The molecule has 4 N–H and O–H groups in total. The zero-order valence-corrected chi connectivity index (χ0v) is 24.7. The molecule has 4 aliphatic rings. The van der Waals surface area contributed by atoms with Crippen molar-refractivity contribution in [2.24, 2.45) is 58.2 Å². The highest BCUT2D eigenvalue weighted by molar-refractivity contribution is 7.80. The lowest BCUT2D eigenvalue weighted by Gasteiger charge is -2.61. The van der Waals surface area contributed by atoms with Crippen molar-refractivity contribution in [3.05, 3.63) is 0 Å². The van der Waals surface area contributed by atoms with Gasteiger partial charge < -0.3 is 15.3 Å². The summed E-state index contributed by atoms with van der Waals surface area (Å²) in [5, 5.41) is 32.2. The molecule has 4 fully saturated rings. The highest BCUT2D eigenvalue weighted by Crippen LogP contribution is 2.68. The first-order chi connectivity index (χ1) is 17.5. The van der Waals surface area contributed by atoms with Gasteiger partial charge in [-0.05, 0) is 90.8 Å². The summed E-state index contributed by atoms with van der Waals surface area (Å²) in [4.78, 5) is 13.4. The van der Waals surface area contributed by atoms with Gasteiger partial charge in [-0.3, -0.25) is 9.35 Å². The van der Waals surface area contributed by atoms with Crippen LogP contribution in [0.3, 0.4) is 0 Å². The van der Waals surface area contributed by atoms with Gasteiger partial charge in [0.2, 0.25) is 0 Å². The molecule has 0 aromatic rings. The molecule has 0 heterocycles. The first kappa shape index (κ1) is 30.4. The van der Waals surface area contributed by atoms with Crippen LogP contribution >= 0.6 is 0 Å². The molecule has 0 saturated heterocycles. The lowest BCUT2D eigenvalue weighted by molar-refractivity contribution is -0.174. The van der Waals surface area contributed by atoms with Crippen molar-refractivity contribution in [2.75, 3.05) is 0 Å². The third-order valence-electron chi connectivity index (χ3n) is 12.0. The average Bonchev–Trinajstić information content (AvgIpc) is 3.16. The van der Waals surface area contributed by atoms with Gasteiger partial charge in [0, 0.05) is 12.3 Å². The SMILES string of the molecule is CC[C@@H](C(C)C)[C@@H](O)[C@H](OS(=O)(=O)O)[C@@H](C)C1CCC2C3CC(=O)[C@H]4C[C@H](O)[C@H](O)C[C@]4(C)C3CC[C@@]21C. The Balaban J connectivity index is 1.62. The van der Waals surface area contributed by atoms with Crippen LogP contribution in [-0.4, -0.2) is 58.5 Å². The van der Waals surface area contributed by atoms with Crippen LogP contribution in [0, 0.1) is 58.2 Å². The van der Waals surface area contributed by atoms with Crippen molar-refractivity contribution in [3.8, 4) is 0 Å². The minimum atomic E-state index is -4.77. The van der Waals surface area contributed by atoms with Crippen molar-refractivity contribution < 1.29 is 37.3 Å². The quantitative estimate of drug-likeness (QED) is 0.327. The van der Waals surface area contributed by atoms with E-state index in [4.69, 9.17) is 4.18 Å². The van der Waals surface area contributed by atoms with Gasteiger partial charge in [-0.15, -0.1) is 0 Å². The Kier molecular flexibility index (Phi) is 8.54. The van der Waals surface area contributed by atoms with E-state index in [9.17, 15) is 33.1 Å². The smallest absolute Gasteiger partial charge is 0.390 e. The largest absolute Gasteiger partial charge is 0.397 e. The lowest BCUT2D eigenvalue weighted by Crippen LogP contribution is -2.59. The molecule has 4 unspecified atom stereocenters. The van der Waals surface area contributed by atoms with Crippen LogP contribution in [0.15, 0.2) is 0 Å². The van der Waals surface area contributed by atoms with Crippen LogP contribution in [0.2, 0.25) is 0 Å². The second-order valence-electron chi connectivity index (χ2n) is 14.1. The molecular weight excluding hydrogens is 508 g/mol. The second-order valence-corrected chi connectivity index (χ2v) is 15.1. The zero-order valence-electron chi connectivity index (χ0n) is 23.9. The maximum atomic E-state index is 13.4. The van der Waals surface area contributed by atoms with E-state index in [1.165, 1.54) is 0 Å². The number of aliphatic hydroxyl groups is 3. The van der Waals surface area contributed by atoms with Gasteiger partial charge in [0.1, 0.15) is 11.9 Å². The van der Waals surface area contributed by atoms with Crippen LogP contribution in [0.25, 0.3) is 0 Å². The van der Waals surface area contributed by atoms with Gasteiger partial charge >= 0.3 is 10.4 Å². The highest BCUT2D eigenvalue weighted by atomic mass is 32.3. The molecule has 4 rings (SSSR count). The summed E-state index contributed by atoms with van der Waals surface area (Å²) < 4.78 is 38.7. The van der Waals surface area contributed by atoms with Crippen molar-refractivity contribution >= 4 is 16.2 Å². The summed E-state index contributed by atoms with van der Waals surface area (Å²) >= 11 is 0. The number of hydrogen-bond donors (Lipinski definition) is 4. The number of Topliss-reactive ketones (excluding diaryl/α,β-unsaturated/α-hetero) is 1. The number of carbonyl (C=O) groups is 1. The number of ketones is 1. The minimum absolute atomic E-state index is 0.0684. The number of fused-ring (bicyclic) bond motifs is 5. The van der Waals surface area contributed by atoms with Gasteiger partial charge in [-0.25, -0.2) is 4.18 Å². The standard InChI is InChI=1S/C29H50O8S/c1-7-17(15(2)3)26(33)27(37-38(34,35)36)16(4)19-8-9-20-18-12-23(30)22-13-24(31)25(32)14-29(22,6)21(18)10-11-28(19,20)5/h15-22,24-27,31-33H,7-14H2,1-6H3,(H,34,35,36)/t16-,17-,18?,19?,20?,21?,22+,24-,25+,26+,27+,28+,29+/m0/s1. The minimum Gasteiger partial charge on any atom is -0.390 e. The summed E-state index contributed by atoms with van der Waals surface area (Å²) in [6.07, 6.45) is 1.78. The van der Waals surface area contributed by atoms with E-state index >= 15 is 0 Å². The fourth-order valence-corrected chi connectivity index (χ4v) is 10.7. The monoisotopic (exact) mass is 558 g/mol. The molecule has 4 saturated carbocycles. The molecule has 13 atom stereocenters. The molecule has 0 spiro atoms. The third-order valence-corrected chi connectivity index (χ3v) is 12.5. The van der Waals surface area contributed by atoms with Crippen molar-refractivity contribution in [1.82, 2.24) is 0 Å². The molecule has 0 amide bonds. The fourth-order valence-electron chi connectivity index (χ4n) is 10.2. The van der Waals surface area contributed by atoms with Gasteiger partial charge in [0.05, 0.1) is 18.3 Å². The van der Waals surface area contributed by atoms with E-state index < -0.39 is 34.8 Å². The van der Waals surface area contributed by atoms with Crippen LogP contribution in [-0.2, 0) is 19.4 Å². The molecule has 4 aliphatic carbocycles. The molecule has 0 aromatic heterocycles. The average molecular weight is 559 g/mol. The summed E-state index contributed by atoms with van der Waals surface area (Å²) in [7, 11) is -4.77. The predicted octanol–water partition coefficient (Wildman–Crippen LogP) is 4.02. The lowest BCUT2D eigenvalue weighted by atomic mass is 9.44. The molecule has 220 valence electrons. The summed E-state index contributed by atoms with van der Waals surface area (Å²) in [5.74, 6) is 0.426. The Hall–Kier alpha value is -0.580. The molecular formula is C29H50O8S. The number of hydrogen-bond acceptors (Lipinski definition) is 7. The topological polar surface area (TPSA) is 141 Å². The Morgan fingerprint density at radius 2 is 1.66 bits per heavy atom. The van der Waals surface area contributed by atoms with Crippen LogP contribution < -0.4 is 0 Å². The molecule has 9 heteroatoms. The summed E-state index contributed by atoms with van der Waals surface area (Å²) in [6, 6.07) is 0. The van der Waals surface area contributed by atoms with Crippen LogP contribution in [0.4, 0.5) is 0 Å². The Morgan fingerprint density at radius 3 is 2.24 bits per heavy atom. The third kappa shape index (κ3) is 5.13. The molecule has 38 heavy (non-hydrogen) atoms. The van der Waals surface area contributed by atoms with E-state index in [0.717, 1.165) is 25.7 Å². The first-order valence-electron chi connectivity index (χ1n) is 14.8. The second kappa shape index (κ2) is 10.7. The van der Waals surface area contributed by atoms with Gasteiger partial charge in [-0.2, -0.15) is 8.42 Å². The summed E-state index contributed by atoms with van der Waals surface area (Å²) in [5.41, 5.74) is -0.487. The molecule has 0 radical (unpaired) electrons. The van der Waals surface area contributed by atoms with Gasteiger partial charge in [0.15, 0.2) is 0 Å². The van der Waals surface area contributed by atoms with Crippen LogP contribution in [0.5, 0.6) is 0 Å². The Bertz CT molecular complexity index is 983. The number of rotatable bonds is 8. The van der Waals surface area contributed by atoms with E-state index in [0.29, 0.717) is 31.6 Å².